The van der Waals surface area contributed by atoms with Crippen molar-refractivity contribution in [3.63, 3.8) is 0 Å². The van der Waals surface area contributed by atoms with E-state index in [1.54, 1.807) is 19.1 Å². The number of hydrogen-bond acceptors (Lipinski definition) is 5. The number of hydrogen-bond donors (Lipinski definition) is 2. The van der Waals surface area contributed by atoms with Gasteiger partial charge in [0.15, 0.2) is 5.69 Å². The summed E-state index contributed by atoms with van der Waals surface area (Å²) in [7, 11) is 3.19. The van der Waals surface area contributed by atoms with E-state index in [2.05, 4.69) is 10.2 Å². The number of ether oxygens (including phenoxy) is 2. The third kappa shape index (κ3) is 3.94. The SMILES string of the molecule is COCCN(CCOC)C(=O)c1n[nH]c(C(C)C)c1N. The molecule has 0 unspecified atom stereocenters. The summed E-state index contributed by atoms with van der Waals surface area (Å²) in [4.78, 5) is 14.1. The average molecular weight is 284 g/mol. The Kier molecular flexibility index (Phi) is 6.47. The number of nitrogens with one attached hydrogen (secondary N) is 1. The summed E-state index contributed by atoms with van der Waals surface area (Å²) < 4.78 is 10.0. The minimum Gasteiger partial charge on any atom is -0.395 e. The summed E-state index contributed by atoms with van der Waals surface area (Å²) in [5.41, 5.74) is 7.47. The first-order valence-electron chi connectivity index (χ1n) is 6.63. The summed E-state index contributed by atoms with van der Waals surface area (Å²) in [6.07, 6.45) is 0. The summed E-state index contributed by atoms with van der Waals surface area (Å²) in [6.45, 7) is 5.84. The first-order valence-corrected chi connectivity index (χ1v) is 6.63. The first kappa shape index (κ1) is 16.5. The zero-order valence-electron chi connectivity index (χ0n) is 12.6. The van der Waals surface area contributed by atoms with E-state index in [0.29, 0.717) is 32.0 Å². The minimum absolute atomic E-state index is 0.190. The van der Waals surface area contributed by atoms with Gasteiger partial charge in [0.1, 0.15) is 0 Å². The zero-order chi connectivity index (χ0) is 15.1. The average Bonchev–Trinajstić information content (AvgIpc) is 2.80. The molecule has 0 radical (unpaired) electrons. The van der Waals surface area contributed by atoms with Crippen LogP contribution in [0.3, 0.4) is 0 Å². The van der Waals surface area contributed by atoms with Crippen molar-refractivity contribution < 1.29 is 14.3 Å². The van der Waals surface area contributed by atoms with Crippen LogP contribution in [0.1, 0.15) is 35.9 Å². The van der Waals surface area contributed by atoms with E-state index in [1.165, 1.54) is 0 Å². The standard InChI is InChI=1S/C13H24N4O3/c1-9(2)11-10(14)12(16-15-11)13(18)17(5-7-19-3)6-8-20-4/h9H,5-8,14H2,1-4H3,(H,15,16). The van der Waals surface area contributed by atoms with Crippen molar-refractivity contribution >= 4 is 11.6 Å². The third-order valence-electron chi connectivity index (χ3n) is 3.03. The Labute approximate surface area is 119 Å². The van der Waals surface area contributed by atoms with Gasteiger partial charge in [0.25, 0.3) is 5.91 Å². The molecule has 0 fully saturated rings. The molecular weight excluding hydrogens is 260 g/mol. The maximum Gasteiger partial charge on any atom is 0.276 e. The van der Waals surface area contributed by atoms with Gasteiger partial charge in [-0.15, -0.1) is 0 Å². The van der Waals surface area contributed by atoms with Crippen molar-refractivity contribution in [3.05, 3.63) is 11.4 Å². The van der Waals surface area contributed by atoms with Crippen LogP contribution in [0.25, 0.3) is 0 Å². The molecule has 0 aromatic carbocycles. The topological polar surface area (TPSA) is 93.5 Å². The van der Waals surface area contributed by atoms with Crippen molar-refractivity contribution in [2.75, 3.05) is 46.3 Å². The summed E-state index contributed by atoms with van der Waals surface area (Å²) >= 11 is 0. The molecule has 7 nitrogen and oxygen atoms in total. The molecule has 1 amide bonds. The molecule has 3 N–H and O–H groups in total. The highest BCUT2D eigenvalue weighted by atomic mass is 16.5. The lowest BCUT2D eigenvalue weighted by Gasteiger charge is -2.21. The number of amides is 1. The molecule has 0 aliphatic carbocycles. The number of aromatic nitrogens is 2. The van der Waals surface area contributed by atoms with E-state index < -0.39 is 0 Å². The lowest BCUT2D eigenvalue weighted by molar-refractivity contribution is 0.0623. The fraction of sp³-hybridized carbons (Fsp3) is 0.692. The minimum atomic E-state index is -0.209. The maximum atomic E-state index is 12.5. The van der Waals surface area contributed by atoms with E-state index in [-0.39, 0.29) is 17.5 Å². The van der Waals surface area contributed by atoms with Crippen LogP contribution in [-0.4, -0.2) is 61.5 Å². The Bertz CT molecular complexity index is 423. The van der Waals surface area contributed by atoms with Gasteiger partial charge in [-0.3, -0.25) is 9.89 Å². The number of H-pyrrole nitrogens is 1. The Morgan fingerprint density at radius 1 is 1.30 bits per heavy atom. The quantitative estimate of drug-likeness (QED) is 0.738. The molecule has 0 saturated carbocycles. The fourth-order valence-corrected chi connectivity index (χ4v) is 1.83. The van der Waals surface area contributed by atoms with Gasteiger partial charge in [0, 0.05) is 27.3 Å². The normalized spacial score (nSPS) is 11.1. The zero-order valence-corrected chi connectivity index (χ0v) is 12.6. The summed E-state index contributed by atoms with van der Waals surface area (Å²) in [5, 5.41) is 6.89. The second kappa shape index (κ2) is 7.86. The van der Waals surface area contributed by atoms with Gasteiger partial charge in [-0.1, -0.05) is 13.8 Å². The third-order valence-corrected chi connectivity index (χ3v) is 3.03. The van der Waals surface area contributed by atoms with Crippen LogP contribution in [0.15, 0.2) is 0 Å². The number of nitrogen functional groups attached to an aromatic ring is 1. The van der Waals surface area contributed by atoms with E-state index in [0.717, 1.165) is 5.69 Å². The number of aromatic amines is 1. The summed E-state index contributed by atoms with van der Waals surface area (Å²) in [6, 6.07) is 0. The number of nitrogens with zero attached hydrogens (tertiary/aromatic N) is 2. The number of rotatable bonds is 8. The molecule has 0 aliphatic heterocycles. The molecular formula is C13H24N4O3. The van der Waals surface area contributed by atoms with Gasteiger partial charge < -0.3 is 20.1 Å². The van der Waals surface area contributed by atoms with Crippen LogP contribution in [0, 0.1) is 0 Å². The van der Waals surface area contributed by atoms with Crippen LogP contribution in [0.5, 0.6) is 0 Å². The van der Waals surface area contributed by atoms with Crippen molar-refractivity contribution in [1.29, 1.82) is 0 Å². The van der Waals surface area contributed by atoms with E-state index in [4.69, 9.17) is 15.2 Å². The van der Waals surface area contributed by atoms with Crippen molar-refractivity contribution in [2.24, 2.45) is 0 Å². The smallest absolute Gasteiger partial charge is 0.276 e. The van der Waals surface area contributed by atoms with Gasteiger partial charge in [-0.2, -0.15) is 5.10 Å². The highest BCUT2D eigenvalue weighted by molar-refractivity contribution is 5.97. The van der Waals surface area contributed by atoms with E-state index in [9.17, 15) is 4.79 Å². The number of methoxy groups -OCH3 is 2. The van der Waals surface area contributed by atoms with Crippen LogP contribution in [-0.2, 0) is 9.47 Å². The van der Waals surface area contributed by atoms with Crippen molar-refractivity contribution in [3.8, 4) is 0 Å². The highest BCUT2D eigenvalue weighted by Crippen LogP contribution is 2.22. The number of anilines is 1. The Morgan fingerprint density at radius 2 is 1.85 bits per heavy atom. The van der Waals surface area contributed by atoms with Gasteiger partial charge in [0.05, 0.1) is 24.6 Å². The lowest BCUT2D eigenvalue weighted by Crippen LogP contribution is -2.37. The van der Waals surface area contributed by atoms with Gasteiger partial charge >= 0.3 is 0 Å². The van der Waals surface area contributed by atoms with Crippen LogP contribution in [0.2, 0.25) is 0 Å². The van der Waals surface area contributed by atoms with Gasteiger partial charge in [0.2, 0.25) is 0 Å². The maximum absolute atomic E-state index is 12.5. The van der Waals surface area contributed by atoms with E-state index in [1.807, 2.05) is 13.8 Å². The molecule has 1 aromatic rings. The van der Waals surface area contributed by atoms with Crippen LogP contribution >= 0.6 is 0 Å². The van der Waals surface area contributed by atoms with Crippen molar-refractivity contribution in [1.82, 2.24) is 15.1 Å². The molecule has 1 rings (SSSR count). The van der Waals surface area contributed by atoms with Crippen molar-refractivity contribution in [2.45, 2.75) is 19.8 Å². The van der Waals surface area contributed by atoms with Crippen LogP contribution in [0.4, 0.5) is 5.69 Å². The number of carbonyl (C=O) groups excluding carboxylic acids is 1. The second-order valence-corrected chi connectivity index (χ2v) is 4.83. The predicted octanol–water partition coefficient (Wildman–Crippen LogP) is 0.850. The van der Waals surface area contributed by atoms with E-state index >= 15 is 0 Å². The predicted molar refractivity (Wildman–Crippen MR) is 76.7 cm³/mol. The Morgan fingerprint density at radius 3 is 2.25 bits per heavy atom. The monoisotopic (exact) mass is 284 g/mol. The molecule has 0 saturated heterocycles. The second-order valence-electron chi connectivity index (χ2n) is 4.83. The molecule has 1 heterocycles. The first-order chi connectivity index (χ1) is 9.52. The van der Waals surface area contributed by atoms with Gasteiger partial charge in [-0.05, 0) is 5.92 Å². The Balaban J connectivity index is 2.87. The molecule has 20 heavy (non-hydrogen) atoms. The largest absolute Gasteiger partial charge is 0.395 e. The van der Waals surface area contributed by atoms with Crippen LogP contribution < -0.4 is 5.73 Å². The van der Waals surface area contributed by atoms with Gasteiger partial charge in [-0.25, -0.2) is 0 Å². The molecule has 0 aliphatic rings. The molecule has 0 bridgehead atoms. The molecule has 0 spiro atoms. The fourth-order valence-electron chi connectivity index (χ4n) is 1.83. The molecule has 7 heteroatoms. The molecule has 1 aromatic heterocycles. The molecule has 114 valence electrons. The number of carbonyl (C=O) groups is 1. The number of nitrogens with two attached hydrogens (primary N) is 1. The summed E-state index contributed by atoms with van der Waals surface area (Å²) in [5.74, 6) is -0.0183. The molecule has 0 atom stereocenters. The lowest BCUT2D eigenvalue weighted by atomic mass is 10.1. The highest BCUT2D eigenvalue weighted by Gasteiger charge is 2.23. The Hall–Kier alpha value is -1.60.